The number of rotatable bonds is 5. The SMILES string of the molecule is CNC(=O)c1ccccc1NS(=O)(=O)c1ccsc1C(=O)OC. The first-order valence-corrected chi connectivity index (χ1v) is 8.76. The number of benzene rings is 1. The molecule has 7 nitrogen and oxygen atoms in total. The van der Waals surface area contributed by atoms with E-state index in [0.717, 1.165) is 11.3 Å². The molecule has 2 N–H and O–H groups in total. The average Bonchev–Trinajstić information content (AvgIpc) is 3.04. The van der Waals surface area contributed by atoms with Crippen LogP contribution in [0.3, 0.4) is 0 Å². The number of hydrogen-bond acceptors (Lipinski definition) is 6. The van der Waals surface area contributed by atoms with Crippen molar-refractivity contribution in [2.45, 2.75) is 4.90 Å². The van der Waals surface area contributed by atoms with Gasteiger partial charge in [-0.3, -0.25) is 9.52 Å². The van der Waals surface area contributed by atoms with Crippen molar-refractivity contribution in [3.05, 3.63) is 46.2 Å². The van der Waals surface area contributed by atoms with Crippen LogP contribution < -0.4 is 10.0 Å². The van der Waals surface area contributed by atoms with Gasteiger partial charge in [0.25, 0.3) is 15.9 Å². The number of carbonyl (C=O) groups is 2. The molecule has 0 fully saturated rings. The van der Waals surface area contributed by atoms with Gasteiger partial charge in [0.15, 0.2) is 0 Å². The summed E-state index contributed by atoms with van der Waals surface area (Å²) >= 11 is 0.962. The van der Waals surface area contributed by atoms with Gasteiger partial charge in [0.2, 0.25) is 0 Å². The molecule has 2 rings (SSSR count). The summed E-state index contributed by atoms with van der Waals surface area (Å²) in [6.45, 7) is 0. The van der Waals surface area contributed by atoms with Crippen LogP contribution >= 0.6 is 11.3 Å². The predicted octanol–water partition coefficient (Wildman–Crippen LogP) is 1.70. The van der Waals surface area contributed by atoms with Crippen LogP contribution in [0.4, 0.5) is 5.69 Å². The second kappa shape index (κ2) is 6.80. The van der Waals surface area contributed by atoms with Crippen molar-refractivity contribution in [2.24, 2.45) is 0 Å². The fourth-order valence-corrected chi connectivity index (χ4v) is 4.27. The summed E-state index contributed by atoms with van der Waals surface area (Å²) in [5.41, 5.74) is 0.294. The number of sulfonamides is 1. The first-order valence-electron chi connectivity index (χ1n) is 6.40. The van der Waals surface area contributed by atoms with Crippen molar-refractivity contribution in [1.82, 2.24) is 5.32 Å². The highest BCUT2D eigenvalue weighted by Crippen LogP contribution is 2.26. The van der Waals surface area contributed by atoms with E-state index in [1.165, 1.54) is 37.7 Å². The molecule has 2 aromatic rings. The molecule has 0 aliphatic heterocycles. The van der Waals surface area contributed by atoms with E-state index in [1.807, 2.05) is 0 Å². The van der Waals surface area contributed by atoms with Crippen molar-refractivity contribution in [3.63, 3.8) is 0 Å². The number of hydrogen-bond donors (Lipinski definition) is 2. The lowest BCUT2D eigenvalue weighted by Gasteiger charge is -2.11. The standard InChI is InChI=1S/C14H14N2O5S2/c1-15-13(17)9-5-3-4-6-10(9)16-23(19,20)11-7-8-22-12(11)14(18)21-2/h3-8,16H,1-2H3,(H,15,17). The summed E-state index contributed by atoms with van der Waals surface area (Å²) in [7, 11) is -1.42. The van der Waals surface area contributed by atoms with Gasteiger partial charge in [-0.1, -0.05) is 12.1 Å². The number of ether oxygens (including phenoxy) is 1. The third kappa shape index (κ3) is 3.51. The Morgan fingerprint density at radius 3 is 2.52 bits per heavy atom. The van der Waals surface area contributed by atoms with Gasteiger partial charge in [0.05, 0.1) is 18.4 Å². The number of carbonyl (C=O) groups excluding carboxylic acids is 2. The van der Waals surface area contributed by atoms with E-state index < -0.39 is 21.9 Å². The molecule has 0 saturated heterocycles. The van der Waals surface area contributed by atoms with Gasteiger partial charge in [-0.05, 0) is 23.6 Å². The van der Waals surface area contributed by atoms with Crippen molar-refractivity contribution in [1.29, 1.82) is 0 Å². The molecule has 122 valence electrons. The highest BCUT2D eigenvalue weighted by molar-refractivity contribution is 7.93. The van der Waals surface area contributed by atoms with Crippen molar-refractivity contribution in [3.8, 4) is 0 Å². The van der Waals surface area contributed by atoms with Gasteiger partial charge in [-0.2, -0.15) is 0 Å². The summed E-state index contributed by atoms with van der Waals surface area (Å²) in [4.78, 5) is 23.2. The van der Waals surface area contributed by atoms with Crippen LogP contribution in [0.1, 0.15) is 20.0 Å². The summed E-state index contributed by atoms with van der Waals surface area (Å²) in [5, 5.41) is 3.91. The average molecular weight is 354 g/mol. The second-order valence-electron chi connectivity index (χ2n) is 4.34. The van der Waals surface area contributed by atoms with Crippen molar-refractivity contribution < 1.29 is 22.7 Å². The van der Waals surface area contributed by atoms with E-state index in [2.05, 4.69) is 14.8 Å². The topological polar surface area (TPSA) is 102 Å². The van der Waals surface area contributed by atoms with Gasteiger partial charge in [0, 0.05) is 7.05 Å². The molecule has 1 amide bonds. The molecule has 0 atom stereocenters. The van der Waals surface area contributed by atoms with Gasteiger partial charge < -0.3 is 10.1 Å². The highest BCUT2D eigenvalue weighted by atomic mass is 32.2. The molecular weight excluding hydrogens is 340 g/mol. The number of para-hydroxylation sites is 1. The molecule has 0 saturated carbocycles. The summed E-state index contributed by atoms with van der Waals surface area (Å²) in [6.07, 6.45) is 0. The molecule has 0 aliphatic rings. The van der Waals surface area contributed by atoms with Crippen molar-refractivity contribution >= 4 is 38.9 Å². The molecule has 23 heavy (non-hydrogen) atoms. The van der Waals surface area contributed by atoms with Crippen LogP contribution in [-0.4, -0.2) is 34.5 Å². The minimum atomic E-state index is -4.04. The molecule has 0 spiro atoms. The Bertz CT molecular complexity index is 842. The Labute approximate surface area is 137 Å². The van der Waals surface area contributed by atoms with Crippen LogP contribution in [0.25, 0.3) is 0 Å². The van der Waals surface area contributed by atoms with Crippen LogP contribution in [0.15, 0.2) is 40.6 Å². The van der Waals surface area contributed by atoms with E-state index in [9.17, 15) is 18.0 Å². The number of methoxy groups -OCH3 is 1. The first kappa shape index (κ1) is 17.0. The fraction of sp³-hybridized carbons (Fsp3) is 0.143. The smallest absolute Gasteiger partial charge is 0.349 e. The number of amides is 1. The molecular formula is C14H14N2O5S2. The first-order chi connectivity index (χ1) is 10.9. The Hall–Kier alpha value is -2.39. The minimum Gasteiger partial charge on any atom is -0.465 e. The molecule has 1 aromatic heterocycles. The van der Waals surface area contributed by atoms with Gasteiger partial charge in [0.1, 0.15) is 9.77 Å². The van der Waals surface area contributed by atoms with Crippen LogP contribution in [0.2, 0.25) is 0 Å². The minimum absolute atomic E-state index is 0.0302. The quantitative estimate of drug-likeness (QED) is 0.796. The zero-order valence-corrected chi connectivity index (χ0v) is 14.0. The zero-order chi connectivity index (χ0) is 17.0. The molecule has 1 heterocycles. The summed E-state index contributed by atoms with van der Waals surface area (Å²) < 4.78 is 32.0. The lowest BCUT2D eigenvalue weighted by atomic mass is 10.2. The molecule has 0 unspecified atom stereocenters. The highest BCUT2D eigenvalue weighted by Gasteiger charge is 2.26. The van der Waals surface area contributed by atoms with E-state index in [4.69, 9.17) is 0 Å². The maximum Gasteiger partial charge on any atom is 0.349 e. The van der Waals surface area contributed by atoms with E-state index in [1.54, 1.807) is 12.1 Å². The van der Waals surface area contributed by atoms with Crippen molar-refractivity contribution in [2.75, 3.05) is 18.9 Å². The summed E-state index contributed by atoms with van der Waals surface area (Å²) in [6, 6.07) is 7.48. The third-order valence-electron chi connectivity index (χ3n) is 2.93. The fourth-order valence-electron chi connectivity index (χ4n) is 1.86. The normalized spacial score (nSPS) is 10.9. The molecule has 1 aromatic carbocycles. The Kier molecular flexibility index (Phi) is 5.02. The maximum atomic E-state index is 12.5. The Morgan fingerprint density at radius 1 is 1.17 bits per heavy atom. The second-order valence-corrected chi connectivity index (χ2v) is 6.90. The van der Waals surface area contributed by atoms with E-state index >= 15 is 0 Å². The Morgan fingerprint density at radius 2 is 1.87 bits per heavy atom. The van der Waals surface area contributed by atoms with Gasteiger partial charge in [-0.25, -0.2) is 13.2 Å². The number of thiophene rings is 1. The maximum absolute atomic E-state index is 12.5. The number of nitrogens with one attached hydrogen (secondary N) is 2. The van der Waals surface area contributed by atoms with E-state index in [-0.39, 0.29) is 21.0 Å². The van der Waals surface area contributed by atoms with Crippen LogP contribution in [-0.2, 0) is 14.8 Å². The zero-order valence-electron chi connectivity index (χ0n) is 12.3. The lowest BCUT2D eigenvalue weighted by Crippen LogP contribution is -2.22. The van der Waals surface area contributed by atoms with Crippen LogP contribution in [0.5, 0.6) is 0 Å². The molecule has 0 aliphatic carbocycles. The summed E-state index contributed by atoms with van der Waals surface area (Å²) in [5.74, 6) is -1.17. The number of anilines is 1. The Balaban J connectivity index is 2.43. The van der Waals surface area contributed by atoms with Gasteiger partial charge in [-0.15, -0.1) is 11.3 Å². The largest absolute Gasteiger partial charge is 0.465 e. The van der Waals surface area contributed by atoms with E-state index in [0.29, 0.717) is 0 Å². The van der Waals surface area contributed by atoms with Crippen LogP contribution in [0, 0.1) is 0 Å². The van der Waals surface area contributed by atoms with Gasteiger partial charge >= 0.3 is 5.97 Å². The molecule has 0 bridgehead atoms. The third-order valence-corrected chi connectivity index (χ3v) is 5.36. The predicted molar refractivity (Wildman–Crippen MR) is 86.3 cm³/mol. The molecule has 0 radical (unpaired) electrons. The molecule has 9 heteroatoms. The number of esters is 1. The monoisotopic (exact) mass is 354 g/mol. The lowest BCUT2D eigenvalue weighted by molar-refractivity contribution is 0.0602.